The highest BCUT2D eigenvalue weighted by atomic mass is 15.1. The third-order valence-corrected chi connectivity index (χ3v) is 2.28. The van der Waals surface area contributed by atoms with Crippen molar-refractivity contribution in [2.45, 2.75) is 13.8 Å². The molecule has 0 unspecified atom stereocenters. The molecule has 0 saturated carbocycles. The summed E-state index contributed by atoms with van der Waals surface area (Å²) in [6, 6.07) is 6.02. The van der Waals surface area contributed by atoms with Gasteiger partial charge in [-0.05, 0) is 37.1 Å². The summed E-state index contributed by atoms with van der Waals surface area (Å²) in [5.74, 6) is 0. The normalized spacial score (nSPS) is 10.4. The summed E-state index contributed by atoms with van der Waals surface area (Å²) in [5.41, 5.74) is 11.1. The molecule has 1 aromatic carbocycles. The van der Waals surface area contributed by atoms with E-state index in [-0.39, 0.29) is 0 Å². The van der Waals surface area contributed by atoms with E-state index >= 15 is 0 Å². The molecule has 0 amide bonds. The molecule has 1 heterocycles. The van der Waals surface area contributed by atoms with Crippen molar-refractivity contribution in [2.75, 3.05) is 5.73 Å². The van der Waals surface area contributed by atoms with Crippen LogP contribution in [0.3, 0.4) is 0 Å². The molecule has 1 aromatic heterocycles. The van der Waals surface area contributed by atoms with Crippen LogP contribution in [0.4, 0.5) is 5.69 Å². The number of nitrogens with two attached hydrogens (primary N) is 1. The van der Waals surface area contributed by atoms with Crippen LogP contribution >= 0.6 is 0 Å². The van der Waals surface area contributed by atoms with Crippen LogP contribution in [0, 0.1) is 13.8 Å². The number of hydrogen-bond donors (Lipinski definition) is 2. The van der Waals surface area contributed by atoms with Gasteiger partial charge in [0.2, 0.25) is 0 Å². The Morgan fingerprint density at radius 1 is 1.29 bits per heavy atom. The van der Waals surface area contributed by atoms with Crippen molar-refractivity contribution < 1.29 is 0 Å². The van der Waals surface area contributed by atoms with Gasteiger partial charge in [-0.1, -0.05) is 6.07 Å². The van der Waals surface area contributed by atoms with Gasteiger partial charge in [-0.3, -0.25) is 5.10 Å². The van der Waals surface area contributed by atoms with Gasteiger partial charge in [0.05, 0.1) is 5.69 Å². The highest BCUT2D eigenvalue weighted by molar-refractivity contribution is 5.77. The predicted molar refractivity (Wildman–Crippen MR) is 57.9 cm³/mol. The SMILES string of the molecule is Cc1cc(C)c(-c2ccn[nH]2)c(N)c1. The summed E-state index contributed by atoms with van der Waals surface area (Å²) in [6.07, 6.45) is 1.73. The molecular formula is C11H13N3. The molecule has 0 spiro atoms. The summed E-state index contributed by atoms with van der Waals surface area (Å²) >= 11 is 0. The molecule has 0 atom stereocenters. The average molecular weight is 187 g/mol. The molecule has 0 aliphatic carbocycles. The fourth-order valence-corrected chi connectivity index (χ4v) is 1.76. The molecule has 0 fully saturated rings. The van der Waals surface area contributed by atoms with Crippen LogP contribution in [0.25, 0.3) is 11.3 Å². The van der Waals surface area contributed by atoms with Crippen molar-refractivity contribution in [2.24, 2.45) is 0 Å². The fourth-order valence-electron chi connectivity index (χ4n) is 1.76. The lowest BCUT2D eigenvalue weighted by Crippen LogP contribution is -1.94. The minimum absolute atomic E-state index is 0.798. The monoisotopic (exact) mass is 187 g/mol. The highest BCUT2D eigenvalue weighted by Gasteiger charge is 2.07. The van der Waals surface area contributed by atoms with E-state index in [9.17, 15) is 0 Å². The van der Waals surface area contributed by atoms with Crippen molar-refractivity contribution in [1.29, 1.82) is 0 Å². The number of aryl methyl sites for hydroxylation is 2. The van der Waals surface area contributed by atoms with Gasteiger partial charge in [-0.15, -0.1) is 0 Å². The lowest BCUT2D eigenvalue weighted by Gasteiger charge is -2.08. The van der Waals surface area contributed by atoms with Gasteiger partial charge >= 0.3 is 0 Å². The Bertz CT molecular complexity index is 421. The largest absolute Gasteiger partial charge is 0.398 e. The second kappa shape index (κ2) is 3.18. The van der Waals surface area contributed by atoms with E-state index in [4.69, 9.17) is 5.73 Å². The van der Waals surface area contributed by atoms with Crippen molar-refractivity contribution >= 4 is 5.69 Å². The third-order valence-electron chi connectivity index (χ3n) is 2.28. The second-order valence-electron chi connectivity index (χ2n) is 3.52. The number of H-pyrrole nitrogens is 1. The summed E-state index contributed by atoms with van der Waals surface area (Å²) < 4.78 is 0. The first-order valence-corrected chi connectivity index (χ1v) is 4.55. The zero-order valence-electron chi connectivity index (χ0n) is 8.33. The van der Waals surface area contributed by atoms with E-state index in [1.807, 2.05) is 19.1 Å². The van der Waals surface area contributed by atoms with Gasteiger partial charge < -0.3 is 5.73 Å². The molecule has 3 heteroatoms. The summed E-state index contributed by atoms with van der Waals surface area (Å²) in [7, 11) is 0. The summed E-state index contributed by atoms with van der Waals surface area (Å²) in [4.78, 5) is 0. The topological polar surface area (TPSA) is 54.7 Å². The number of nitrogens with one attached hydrogen (secondary N) is 1. The molecular weight excluding hydrogens is 174 g/mol. The maximum atomic E-state index is 5.97. The van der Waals surface area contributed by atoms with Crippen LogP contribution in [0.1, 0.15) is 11.1 Å². The zero-order chi connectivity index (χ0) is 10.1. The fraction of sp³-hybridized carbons (Fsp3) is 0.182. The molecule has 0 aliphatic heterocycles. The molecule has 2 rings (SSSR count). The lowest BCUT2D eigenvalue weighted by molar-refractivity contribution is 1.09. The number of nitrogens with zero attached hydrogens (tertiary/aromatic N) is 1. The first kappa shape index (κ1) is 8.81. The smallest absolute Gasteiger partial charge is 0.0673 e. The van der Waals surface area contributed by atoms with Gasteiger partial charge in [0.25, 0.3) is 0 Å². The van der Waals surface area contributed by atoms with Crippen LogP contribution in [0.5, 0.6) is 0 Å². The van der Waals surface area contributed by atoms with Crippen molar-refractivity contribution in [3.05, 3.63) is 35.5 Å². The summed E-state index contributed by atoms with van der Waals surface area (Å²) in [6.45, 7) is 4.10. The number of aromatic amines is 1. The van der Waals surface area contributed by atoms with E-state index < -0.39 is 0 Å². The molecule has 0 saturated heterocycles. The van der Waals surface area contributed by atoms with Crippen LogP contribution in [0.2, 0.25) is 0 Å². The quantitative estimate of drug-likeness (QED) is 0.673. The Balaban J connectivity index is 2.64. The van der Waals surface area contributed by atoms with Crippen molar-refractivity contribution in [3.8, 4) is 11.3 Å². The Morgan fingerprint density at radius 3 is 2.64 bits per heavy atom. The molecule has 3 nitrogen and oxygen atoms in total. The van der Waals surface area contributed by atoms with E-state index in [1.54, 1.807) is 6.20 Å². The van der Waals surface area contributed by atoms with E-state index in [0.29, 0.717) is 0 Å². The lowest BCUT2D eigenvalue weighted by atomic mass is 10.0. The van der Waals surface area contributed by atoms with Crippen LogP contribution < -0.4 is 5.73 Å². The Hall–Kier alpha value is -1.77. The third kappa shape index (κ3) is 1.37. The number of anilines is 1. The maximum Gasteiger partial charge on any atom is 0.0673 e. The van der Waals surface area contributed by atoms with Crippen LogP contribution in [-0.2, 0) is 0 Å². The molecule has 72 valence electrons. The minimum Gasteiger partial charge on any atom is -0.398 e. The number of hydrogen-bond acceptors (Lipinski definition) is 2. The second-order valence-corrected chi connectivity index (χ2v) is 3.52. The Morgan fingerprint density at radius 2 is 2.07 bits per heavy atom. The van der Waals surface area contributed by atoms with E-state index in [2.05, 4.69) is 23.2 Å². The molecule has 0 bridgehead atoms. The first-order valence-electron chi connectivity index (χ1n) is 4.55. The highest BCUT2D eigenvalue weighted by Crippen LogP contribution is 2.28. The summed E-state index contributed by atoms with van der Waals surface area (Å²) in [5, 5.41) is 6.85. The Kier molecular flexibility index (Phi) is 2.00. The zero-order valence-corrected chi connectivity index (χ0v) is 8.33. The van der Waals surface area contributed by atoms with Gasteiger partial charge in [-0.2, -0.15) is 5.10 Å². The molecule has 3 N–H and O–H groups in total. The average Bonchev–Trinajstić information content (AvgIpc) is 2.54. The van der Waals surface area contributed by atoms with Gasteiger partial charge in [0.15, 0.2) is 0 Å². The number of aromatic nitrogens is 2. The number of nitrogen functional groups attached to an aromatic ring is 1. The van der Waals surface area contributed by atoms with Crippen molar-refractivity contribution in [3.63, 3.8) is 0 Å². The number of benzene rings is 1. The number of rotatable bonds is 1. The Labute approximate surface area is 83.0 Å². The standard InChI is InChI=1S/C11H13N3/c1-7-5-8(2)11(9(12)6-7)10-3-4-13-14-10/h3-6H,12H2,1-2H3,(H,13,14). The van der Waals surface area contributed by atoms with E-state index in [1.165, 1.54) is 11.1 Å². The van der Waals surface area contributed by atoms with Gasteiger partial charge in [0, 0.05) is 17.4 Å². The minimum atomic E-state index is 0.798. The van der Waals surface area contributed by atoms with Crippen molar-refractivity contribution in [1.82, 2.24) is 10.2 Å². The van der Waals surface area contributed by atoms with E-state index in [0.717, 1.165) is 16.9 Å². The first-order chi connectivity index (χ1) is 6.68. The molecule has 14 heavy (non-hydrogen) atoms. The molecule has 0 aliphatic rings. The van der Waals surface area contributed by atoms with Gasteiger partial charge in [-0.25, -0.2) is 0 Å². The van der Waals surface area contributed by atoms with Gasteiger partial charge in [0.1, 0.15) is 0 Å². The van der Waals surface area contributed by atoms with Crippen LogP contribution in [-0.4, -0.2) is 10.2 Å². The molecule has 2 aromatic rings. The maximum absolute atomic E-state index is 5.97. The van der Waals surface area contributed by atoms with Crippen LogP contribution in [0.15, 0.2) is 24.4 Å². The molecule has 0 radical (unpaired) electrons. The predicted octanol–water partition coefficient (Wildman–Crippen LogP) is 2.28.